The van der Waals surface area contributed by atoms with E-state index < -0.39 is 11.0 Å². The van der Waals surface area contributed by atoms with Crippen LogP contribution >= 0.6 is 11.6 Å². The van der Waals surface area contributed by atoms with Crippen molar-refractivity contribution in [2.45, 2.75) is 44.2 Å². The number of benzene rings is 2. The van der Waals surface area contributed by atoms with Gasteiger partial charge in [0.05, 0.1) is 18.6 Å². The number of likely N-dealkylation sites (tertiary alicyclic amines) is 1. The molecule has 0 spiro atoms. The lowest BCUT2D eigenvalue weighted by Crippen LogP contribution is -2.54. The Morgan fingerprint density at radius 2 is 1.81 bits per heavy atom. The molecule has 32 heavy (non-hydrogen) atoms. The van der Waals surface area contributed by atoms with Crippen LogP contribution in [0.15, 0.2) is 67.3 Å². The third-order valence-corrected chi connectivity index (χ3v) is 7.90. The number of nitrogens with zero attached hydrogens (tertiary/aromatic N) is 2. The predicted octanol–water partition coefficient (Wildman–Crippen LogP) is 5.77. The predicted molar refractivity (Wildman–Crippen MR) is 133 cm³/mol. The average molecular weight is 471 g/mol. The summed E-state index contributed by atoms with van der Waals surface area (Å²) in [6, 6.07) is 17.8. The summed E-state index contributed by atoms with van der Waals surface area (Å²) in [7, 11) is -1.19. The Bertz CT molecular complexity index is 962. The Hall–Kier alpha value is -2.11. The van der Waals surface area contributed by atoms with Gasteiger partial charge in [0.1, 0.15) is 11.0 Å². The van der Waals surface area contributed by atoms with Crippen LogP contribution in [0.3, 0.4) is 0 Å². The molecule has 1 saturated carbocycles. The molecule has 0 aromatic heterocycles. The zero-order chi connectivity index (χ0) is 22.7. The smallest absolute Gasteiger partial charge is 0.226 e. The van der Waals surface area contributed by atoms with Crippen LogP contribution in [0.4, 0.5) is 5.69 Å². The Morgan fingerprint density at radius 3 is 2.41 bits per heavy atom. The van der Waals surface area contributed by atoms with E-state index in [2.05, 4.69) is 11.5 Å². The van der Waals surface area contributed by atoms with Crippen molar-refractivity contribution in [2.24, 2.45) is 11.8 Å². The van der Waals surface area contributed by atoms with Gasteiger partial charge in [-0.1, -0.05) is 48.0 Å². The van der Waals surface area contributed by atoms with E-state index in [0.717, 1.165) is 36.9 Å². The van der Waals surface area contributed by atoms with Gasteiger partial charge in [-0.3, -0.25) is 9.10 Å². The number of rotatable bonds is 9. The molecule has 4 nitrogen and oxygen atoms in total. The molecular formula is C26H31ClN2O2S. The second kappa shape index (κ2) is 10.2. The normalized spacial score (nSPS) is 22.9. The highest BCUT2D eigenvalue weighted by Crippen LogP contribution is 2.44. The maximum Gasteiger partial charge on any atom is 0.226 e. The van der Waals surface area contributed by atoms with Crippen molar-refractivity contribution in [2.75, 3.05) is 17.1 Å². The number of carbonyl (C=O) groups is 1. The molecule has 3 unspecified atom stereocenters. The second-order valence-electron chi connectivity index (χ2n) is 8.84. The summed E-state index contributed by atoms with van der Waals surface area (Å²) in [5.74, 6) is 0.600. The summed E-state index contributed by atoms with van der Waals surface area (Å²) < 4.78 is 14.7. The number of hydrogen-bond donors (Lipinski definition) is 0. The van der Waals surface area contributed by atoms with E-state index in [0.29, 0.717) is 23.9 Å². The van der Waals surface area contributed by atoms with Crippen LogP contribution in [0.5, 0.6) is 0 Å². The number of carbonyl (C=O) groups excluding carboxylic acids is 1. The summed E-state index contributed by atoms with van der Waals surface area (Å²) in [6.07, 6.45) is 8.24. The summed E-state index contributed by atoms with van der Waals surface area (Å²) >= 11 is 6.14. The van der Waals surface area contributed by atoms with Gasteiger partial charge in [0.15, 0.2) is 0 Å². The highest BCUT2D eigenvalue weighted by atomic mass is 35.5. The maximum atomic E-state index is 13.8. The van der Waals surface area contributed by atoms with E-state index in [1.54, 1.807) is 6.26 Å². The second-order valence-corrected chi connectivity index (χ2v) is 10.6. The lowest BCUT2D eigenvalue weighted by Gasteiger charge is -2.45. The highest BCUT2D eigenvalue weighted by molar-refractivity contribution is 7.85. The number of hydrogen-bond acceptors (Lipinski definition) is 2. The minimum absolute atomic E-state index is 0.00865. The standard InChI is InChI=1S/C26H31ClN2O2S/c1-3-7-21-14-17-24(19-12-15-22(27)16-13-19)29(26(21)30)25(20-10-11-20)18-28(32(2)31)23-8-5-4-6-9-23/h3-6,8-9,12-13,15-16,20-21,24-25H,1,7,10-11,14,17-18H2,2H3/t21?,24-,25?,32?/m0/s1. The van der Waals surface area contributed by atoms with Crippen molar-refractivity contribution >= 4 is 34.2 Å². The molecule has 4 atom stereocenters. The molecule has 1 heterocycles. The Kier molecular flexibility index (Phi) is 7.37. The molecule has 2 fully saturated rings. The Balaban J connectivity index is 1.70. The lowest BCUT2D eigenvalue weighted by molar-refractivity contribution is -0.145. The molecule has 1 aliphatic heterocycles. The summed E-state index contributed by atoms with van der Waals surface area (Å²) in [5.41, 5.74) is 2.04. The summed E-state index contributed by atoms with van der Waals surface area (Å²) in [6.45, 7) is 4.43. The number of piperidine rings is 1. The van der Waals surface area contributed by atoms with Crippen molar-refractivity contribution in [1.29, 1.82) is 0 Å². The van der Waals surface area contributed by atoms with Crippen molar-refractivity contribution < 1.29 is 9.00 Å². The van der Waals surface area contributed by atoms with Crippen molar-refractivity contribution in [1.82, 2.24) is 4.90 Å². The zero-order valence-corrected chi connectivity index (χ0v) is 20.1. The number of anilines is 1. The van der Waals surface area contributed by atoms with Gasteiger partial charge in [-0.05, 0) is 67.9 Å². The van der Waals surface area contributed by atoms with Gasteiger partial charge in [-0.15, -0.1) is 6.58 Å². The zero-order valence-electron chi connectivity index (χ0n) is 18.5. The van der Waals surface area contributed by atoms with Crippen LogP contribution in [0.2, 0.25) is 5.02 Å². The van der Waals surface area contributed by atoms with Crippen LogP contribution in [-0.2, 0) is 15.8 Å². The molecular weight excluding hydrogens is 440 g/mol. The molecule has 1 aliphatic carbocycles. The first-order chi connectivity index (χ1) is 15.5. The topological polar surface area (TPSA) is 40.6 Å². The van der Waals surface area contributed by atoms with Gasteiger partial charge < -0.3 is 4.90 Å². The third kappa shape index (κ3) is 5.10. The minimum Gasteiger partial charge on any atom is -0.330 e. The summed E-state index contributed by atoms with van der Waals surface area (Å²) in [5, 5.41) is 0.697. The Labute approximate surface area is 198 Å². The monoisotopic (exact) mass is 470 g/mol. The highest BCUT2D eigenvalue weighted by Gasteiger charge is 2.45. The molecule has 2 aromatic carbocycles. The molecule has 0 bridgehead atoms. The molecule has 170 valence electrons. The van der Waals surface area contributed by atoms with Gasteiger partial charge in [-0.25, -0.2) is 4.21 Å². The quantitative estimate of drug-likeness (QED) is 0.436. The van der Waals surface area contributed by atoms with Gasteiger partial charge in [0, 0.05) is 22.9 Å². The van der Waals surface area contributed by atoms with Crippen LogP contribution < -0.4 is 4.31 Å². The molecule has 1 saturated heterocycles. The van der Waals surface area contributed by atoms with Crippen LogP contribution in [-0.4, -0.2) is 33.9 Å². The van der Waals surface area contributed by atoms with E-state index in [9.17, 15) is 9.00 Å². The summed E-state index contributed by atoms with van der Waals surface area (Å²) in [4.78, 5) is 15.9. The molecule has 2 aromatic rings. The fourth-order valence-corrected chi connectivity index (χ4v) is 5.79. The van der Waals surface area contributed by atoms with Gasteiger partial charge in [-0.2, -0.15) is 0 Å². The van der Waals surface area contributed by atoms with E-state index >= 15 is 0 Å². The molecule has 6 heteroatoms. The molecule has 1 amide bonds. The minimum atomic E-state index is -1.19. The van der Waals surface area contributed by atoms with Crippen LogP contribution in [0.1, 0.15) is 43.7 Å². The maximum absolute atomic E-state index is 13.8. The Morgan fingerprint density at radius 1 is 1.12 bits per heavy atom. The van der Waals surface area contributed by atoms with E-state index in [-0.39, 0.29) is 23.9 Å². The number of allylic oxidation sites excluding steroid dienone is 1. The number of para-hydroxylation sites is 1. The van der Waals surface area contributed by atoms with E-state index in [4.69, 9.17) is 11.6 Å². The van der Waals surface area contributed by atoms with Gasteiger partial charge in [0.25, 0.3) is 0 Å². The van der Waals surface area contributed by atoms with E-state index in [1.165, 1.54) is 0 Å². The van der Waals surface area contributed by atoms with Crippen molar-refractivity contribution in [3.63, 3.8) is 0 Å². The van der Waals surface area contributed by atoms with E-state index in [1.807, 2.05) is 65.0 Å². The molecule has 0 radical (unpaired) electrons. The first-order valence-electron chi connectivity index (χ1n) is 11.3. The average Bonchev–Trinajstić information content (AvgIpc) is 3.63. The van der Waals surface area contributed by atoms with Crippen molar-refractivity contribution in [3.05, 3.63) is 77.8 Å². The fraction of sp³-hybridized carbons (Fsp3) is 0.423. The van der Waals surface area contributed by atoms with Gasteiger partial charge in [0.2, 0.25) is 5.91 Å². The van der Waals surface area contributed by atoms with Crippen LogP contribution in [0.25, 0.3) is 0 Å². The first kappa shape index (κ1) is 23.1. The van der Waals surface area contributed by atoms with Crippen molar-refractivity contribution in [3.8, 4) is 0 Å². The molecule has 4 rings (SSSR count). The first-order valence-corrected chi connectivity index (χ1v) is 13.2. The van der Waals surface area contributed by atoms with Crippen LogP contribution in [0, 0.1) is 11.8 Å². The lowest BCUT2D eigenvalue weighted by atomic mass is 9.84. The fourth-order valence-electron chi connectivity index (χ4n) is 4.88. The molecule has 0 N–H and O–H groups in total. The largest absolute Gasteiger partial charge is 0.330 e. The third-order valence-electron chi connectivity index (χ3n) is 6.66. The SMILES string of the molecule is C=CCC1CC[C@@H](c2ccc(Cl)cc2)N(C(CN(c2ccccc2)S(C)=O)C2CC2)C1=O. The van der Waals surface area contributed by atoms with Gasteiger partial charge >= 0.3 is 0 Å². The number of amides is 1. The number of halogens is 1. The molecule has 2 aliphatic rings.